The molecule has 1 N–H and O–H groups in total. The van der Waals surface area contributed by atoms with Crippen LogP contribution in [0, 0.1) is 0 Å². The Bertz CT molecular complexity index is 1920. The highest BCUT2D eigenvalue weighted by atomic mass is 16.5. The molecule has 1 atom stereocenters. The lowest BCUT2D eigenvalue weighted by molar-refractivity contribution is -0.677. The lowest BCUT2D eigenvalue weighted by Crippen LogP contribution is -2.33. The van der Waals surface area contributed by atoms with Crippen LogP contribution in [-0.2, 0) is 26.3 Å². The van der Waals surface area contributed by atoms with Gasteiger partial charge in [-0.05, 0) is 84.6 Å². The number of ether oxygens (including phenoxy) is 5. The number of fused-ring (bicyclic) bond motifs is 2. The molecule has 0 amide bonds. The Morgan fingerprint density at radius 1 is 0.822 bits per heavy atom. The van der Waals surface area contributed by atoms with Crippen molar-refractivity contribution in [2.75, 3.05) is 34.9 Å². The highest BCUT2D eigenvalue weighted by molar-refractivity contribution is 5.94. The van der Waals surface area contributed by atoms with Crippen molar-refractivity contribution in [3.63, 3.8) is 0 Å². The molecule has 0 saturated carbocycles. The molecule has 45 heavy (non-hydrogen) atoms. The summed E-state index contributed by atoms with van der Waals surface area (Å²) < 4.78 is 32.4. The topological polar surface area (TPSA) is 73.5 Å². The van der Waals surface area contributed by atoms with Crippen LogP contribution in [0.5, 0.6) is 46.0 Å². The fraction of sp³-hybridized carbons (Fsp3) is 0.270. The molecule has 230 valence electrons. The van der Waals surface area contributed by atoms with Gasteiger partial charge in [-0.1, -0.05) is 18.2 Å². The van der Waals surface area contributed by atoms with Crippen LogP contribution in [0.4, 0.5) is 0 Å². The molecule has 8 heteroatoms. The molecular weight excluding hydrogens is 568 g/mol. The van der Waals surface area contributed by atoms with E-state index in [1.54, 1.807) is 21.3 Å². The molecule has 3 aliphatic rings. The van der Waals surface area contributed by atoms with E-state index in [2.05, 4.69) is 40.8 Å². The van der Waals surface area contributed by atoms with Gasteiger partial charge >= 0.3 is 0 Å². The molecule has 3 aliphatic heterocycles. The van der Waals surface area contributed by atoms with Crippen LogP contribution in [0.25, 0.3) is 10.8 Å². The van der Waals surface area contributed by atoms with Crippen molar-refractivity contribution in [1.29, 1.82) is 0 Å². The first-order valence-corrected chi connectivity index (χ1v) is 15.1. The zero-order chi connectivity index (χ0) is 31.2. The summed E-state index contributed by atoms with van der Waals surface area (Å²) in [5, 5.41) is 13.3. The molecular formula is C37H37N2O6+. The highest BCUT2D eigenvalue weighted by Crippen LogP contribution is 2.49. The first-order valence-electron chi connectivity index (χ1n) is 15.1. The molecule has 8 rings (SSSR count). The number of rotatable bonds is 3. The SMILES string of the molecule is COc1ccc2cc1Oc1ccc(cc1)CC1c3cc(c(OC)cc3CCN1C)Oc1c(O)c(OC)cc3cc[n+](C)c(c13)C2. The third-order valence-electron chi connectivity index (χ3n) is 9.10. The number of aromatic nitrogens is 1. The van der Waals surface area contributed by atoms with E-state index in [0.717, 1.165) is 47.2 Å². The summed E-state index contributed by atoms with van der Waals surface area (Å²) in [5.74, 6) is 3.74. The molecule has 4 aromatic carbocycles. The van der Waals surface area contributed by atoms with E-state index in [9.17, 15) is 5.11 Å². The smallest absolute Gasteiger partial charge is 0.202 e. The van der Waals surface area contributed by atoms with Crippen LogP contribution in [-0.4, -0.2) is 44.9 Å². The molecule has 8 nitrogen and oxygen atoms in total. The second-order valence-electron chi connectivity index (χ2n) is 11.8. The molecule has 4 heterocycles. The van der Waals surface area contributed by atoms with E-state index in [1.807, 2.05) is 55.7 Å². The van der Waals surface area contributed by atoms with Gasteiger partial charge in [0.15, 0.2) is 46.4 Å². The van der Waals surface area contributed by atoms with Gasteiger partial charge in [-0.3, -0.25) is 4.90 Å². The van der Waals surface area contributed by atoms with Crippen LogP contribution in [0.3, 0.4) is 0 Å². The molecule has 0 aliphatic carbocycles. The molecule has 6 bridgehead atoms. The van der Waals surface area contributed by atoms with Crippen LogP contribution in [0.2, 0.25) is 0 Å². The van der Waals surface area contributed by atoms with E-state index in [4.69, 9.17) is 23.7 Å². The van der Waals surface area contributed by atoms with Crippen molar-refractivity contribution in [2.45, 2.75) is 25.3 Å². The molecule has 0 saturated heterocycles. The third-order valence-corrected chi connectivity index (χ3v) is 9.10. The highest BCUT2D eigenvalue weighted by Gasteiger charge is 2.30. The van der Waals surface area contributed by atoms with E-state index in [1.165, 1.54) is 16.7 Å². The van der Waals surface area contributed by atoms with Gasteiger partial charge in [0.25, 0.3) is 0 Å². The number of hydrogen-bond donors (Lipinski definition) is 1. The van der Waals surface area contributed by atoms with Gasteiger partial charge in [0.1, 0.15) is 12.8 Å². The minimum absolute atomic E-state index is 0.0708. The number of hydrogen-bond acceptors (Lipinski definition) is 7. The van der Waals surface area contributed by atoms with E-state index < -0.39 is 0 Å². The quantitative estimate of drug-likeness (QED) is 0.231. The van der Waals surface area contributed by atoms with E-state index >= 15 is 0 Å². The van der Waals surface area contributed by atoms with Crippen molar-refractivity contribution < 1.29 is 33.4 Å². The van der Waals surface area contributed by atoms with Gasteiger partial charge < -0.3 is 28.8 Å². The summed E-state index contributed by atoms with van der Waals surface area (Å²) in [4.78, 5) is 2.38. The van der Waals surface area contributed by atoms with Crippen LogP contribution in [0.1, 0.15) is 34.0 Å². The Balaban J connectivity index is 1.50. The summed E-state index contributed by atoms with van der Waals surface area (Å²) >= 11 is 0. The second-order valence-corrected chi connectivity index (χ2v) is 11.8. The summed E-state index contributed by atoms with van der Waals surface area (Å²) in [6.45, 7) is 0.930. The number of methoxy groups -OCH3 is 3. The predicted molar refractivity (Wildman–Crippen MR) is 172 cm³/mol. The van der Waals surface area contributed by atoms with Crippen molar-refractivity contribution >= 4 is 10.8 Å². The number of phenolic OH excluding ortho intramolecular Hbond substituents is 1. The Labute approximate surface area is 262 Å². The summed E-state index contributed by atoms with van der Waals surface area (Å²) in [6.07, 6.45) is 4.25. The normalized spacial score (nSPS) is 15.9. The first-order chi connectivity index (χ1) is 21.9. The molecule has 1 aromatic heterocycles. The fourth-order valence-corrected chi connectivity index (χ4v) is 6.60. The molecule has 5 aromatic rings. The Morgan fingerprint density at radius 2 is 1.56 bits per heavy atom. The van der Waals surface area contributed by atoms with Gasteiger partial charge in [-0.2, -0.15) is 0 Å². The zero-order valence-electron chi connectivity index (χ0n) is 26.2. The summed E-state index contributed by atoms with van der Waals surface area (Å²) in [7, 11) is 9.00. The standard InChI is InChI=1S/C37H36N2O6/c1-38-14-12-24-19-31(42-4)33-21-27(24)28(38)16-22-6-9-26(10-7-22)44-32-18-23(8-11-30(32)41-3)17-29-35-25(13-15-39(29)2)20-34(43-5)36(40)37(35)45-33/h6-11,13,15,18-21,28H,12,14,16-17H2,1-5H3/p+1. The van der Waals surface area contributed by atoms with Crippen molar-refractivity contribution in [3.8, 4) is 46.0 Å². The van der Waals surface area contributed by atoms with E-state index in [-0.39, 0.29) is 11.8 Å². The van der Waals surface area contributed by atoms with Crippen LogP contribution in [0.15, 0.2) is 72.9 Å². The maximum Gasteiger partial charge on any atom is 0.202 e. The third kappa shape index (κ3) is 5.15. The minimum Gasteiger partial charge on any atom is -0.502 e. The molecule has 0 radical (unpaired) electrons. The predicted octanol–water partition coefficient (Wildman–Crippen LogP) is 6.66. The Hall–Kier alpha value is -4.95. The molecule has 1 unspecified atom stereocenters. The number of benzene rings is 4. The maximum absolute atomic E-state index is 11.6. The average molecular weight is 606 g/mol. The van der Waals surface area contributed by atoms with Gasteiger partial charge in [0.2, 0.25) is 5.75 Å². The fourth-order valence-electron chi connectivity index (χ4n) is 6.60. The number of aromatic hydroxyl groups is 1. The second kappa shape index (κ2) is 11.5. The van der Waals surface area contributed by atoms with Gasteiger partial charge in [-0.15, -0.1) is 0 Å². The Kier molecular flexibility index (Phi) is 7.37. The Morgan fingerprint density at radius 3 is 2.31 bits per heavy atom. The number of nitrogens with zero attached hydrogens (tertiary/aromatic N) is 2. The monoisotopic (exact) mass is 605 g/mol. The van der Waals surface area contributed by atoms with Crippen LogP contribution >= 0.6 is 0 Å². The lowest BCUT2D eigenvalue weighted by Gasteiger charge is -2.35. The van der Waals surface area contributed by atoms with Crippen molar-refractivity contribution in [3.05, 3.63) is 101 Å². The van der Waals surface area contributed by atoms with Gasteiger partial charge in [0, 0.05) is 24.0 Å². The molecule has 0 fully saturated rings. The zero-order valence-corrected chi connectivity index (χ0v) is 26.2. The average Bonchev–Trinajstić information content (AvgIpc) is 3.05. The van der Waals surface area contributed by atoms with Crippen molar-refractivity contribution in [2.24, 2.45) is 7.05 Å². The van der Waals surface area contributed by atoms with Gasteiger partial charge in [0.05, 0.1) is 33.1 Å². The number of aryl methyl sites for hydroxylation is 1. The molecule has 0 spiro atoms. The summed E-state index contributed by atoms with van der Waals surface area (Å²) in [5.41, 5.74) is 5.55. The number of phenols is 1. The van der Waals surface area contributed by atoms with E-state index in [0.29, 0.717) is 40.9 Å². The van der Waals surface area contributed by atoms with Gasteiger partial charge in [-0.25, -0.2) is 4.57 Å². The summed E-state index contributed by atoms with van der Waals surface area (Å²) in [6, 6.07) is 22.4. The maximum atomic E-state index is 11.6. The number of likely N-dealkylation sites (N-methyl/N-ethyl adjacent to an activating group) is 1. The first kappa shape index (κ1) is 28.8. The van der Waals surface area contributed by atoms with Crippen molar-refractivity contribution in [1.82, 2.24) is 4.90 Å². The minimum atomic E-state index is -0.0708. The number of pyridine rings is 1. The largest absolute Gasteiger partial charge is 0.502 e. The lowest BCUT2D eigenvalue weighted by atomic mass is 9.88. The van der Waals surface area contributed by atoms with Crippen LogP contribution < -0.4 is 28.3 Å².